The van der Waals surface area contributed by atoms with E-state index in [1.54, 1.807) is 11.3 Å². The lowest BCUT2D eigenvalue weighted by Gasteiger charge is -2.39. The molecule has 1 aromatic carbocycles. The fraction of sp³-hybridized carbons (Fsp3) is 0.500. The van der Waals surface area contributed by atoms with Gasteiger partial charge in [0.2, 0.25) is 5.91 Å². The number of nitrogens with zero attached hydrogens (tertiary/aromatic N) is 2. The number of hydrogen-bond donors (Lipinski definition) is 1. The van der Waals surface area contributed by atoms with E-state index < -0.39 is 0 Å². The van der Waals surface area contributed by atoms with Crippen LogP contribution in [0, 0.1) is 5.41 Å². The first-order valence-electron chi connectivity index (χ1n) is 9.12. The summed E-state index contributed by atoms with van der Waals surface area (Å²) in [5.74, 6) is 0.749. The summed E-state index contributed by atoms with van der Waals surface area (Å²) >= 11 is 1.71. The van der Waals surface area contributed by atoms with Crippen LogP contribution in [0.15, 0.2) is 29.6 Å². The van der Waals surface area contributed by atoms with E-state index in [2.05, 4.69) is 53.7 Å². The molecular weight excluding hydrogens is 330 g/mol. The van der Waals surface area contributed by atoms with Gasteiger partial charge in [0.15, 0.2) is 5.13 Å². The van der Waals surface area contributed by atoms with Crippen LogP contribution in [0.1, 0.15) is 44.6 Å². The minimum atomic E-state index is 0.111. The molecular formula is C20H25N3OS. The molecule has 4 rings (SSSR count). The molecule has 132 valence electrons. The van der Waals surface area contributed by atoms with Crippen LogP contribution in [0.25, 0.3) is 11.3 Å². The van der Waals surface area contributed by atoms with Gasteiger partial charge in [-0.05, 0) is 24.3 Å². The molecule has 2 aliphatic heterocycles. The zero-order valence-electron chi connectivity index (χ0n) is 14.9. The number of aromatic nitrogens is 1. The Balaban J connectivity index is 1.52. The molecule has 0 bridgehead atoms. The standard InChI is InChI=1S/C20H25N3OS/c1-14(2)15-4-6-16(7-5-15)17-11-25-19(22-17)23-9-3-8-20(13-23)10-18(24)21-12-20/h4-7,11,14H,3,8-10,12-13H2,1-2H3,(H,21,24). The van der Waals surface area contributed by atoms with Crippen LogP contribution in [-0.4, -0.2) is 30.5 Å². The van der Waals surface area contributed by atoms with E-state index in [0.717, 1.165) is 43.3 Å². The van der Waals surface area contributed by atoms with E-state index in [-0.39, 0.29) is 11.3 Å². The second-order valence-electron chi connectivity index (χ2n) is 7.77. The Bertz CT molecular complexity index is 768. The average molecular weight is 356 g/mol. The number of carbonyl (C=O) groups is 1. The SMILES string of the molecule is CC(C)c1ccc(-c2csc(N3CCCC4(CNC(=O)C4)C3)n2)cc1. The van der Waals surface area contributed by atoms with Crippen LogP contribution in [0.5, 0.6) is 0 Å². The lowest BCUT2D eigenvalue weighted by Crippen LogP contribution is -2.44. The van der Waals surface area contributed by atoms with E-state index in [4.69, 9.17) is 4.98 Å². The molecule has 25 heavy (non-hydrogen) atoms. The summed E-state index contributed by atoms with van der Waals surface area (Å²) in [6, 6.07) is 8.74. The minimum Gasteiger partial charge on any atom is -0.355 e. The summed E-state index contributed by atoms with van der Waals surface area (Å²) in [6.07, 6.45) is 2.93. The maximum Gasteiger partial charge on any atom is 0.220 e. The highest BCUT2D eigenvalue weighted by atomic mass is 32.1. The molecule has 5 heteroatoms. The smallest absolute Gasteiger partial charge is 0.220 e. The second-order valence-corrected chi connectivity index (χ2v) is 8.61. The molecule has 1 atom stereocenters. The quantitative estimate of drug-likeness (QED) is 0.904. The van der Waals surface area contributed by atoms with E-state index in [1.807, 2.05) is 0 Å². The van der Waals surface area contributed by atoms with Gasteiger partial charge in [-0.1, -0.05) is 38.1 Å². The van der Waals surface area contributed by atoms with Gasteiger partial charge in [0.05, 0.1) is 5.69 Å². The molecule has 1 N–H and O–H groups in total. The van der Waals surface area contributed by atoms with Crippen molar-refractivity contribution in [2.75, 3.05) is 24.5 Å². The van der Waals surface area contributed by atoms with E-state index in [0.29, 0.717) is 12.3 Å². The highest BCUT2D eigenvalue weighted by molar-refractivity contribution is 7.14. The zero-order chi connectivity index (χ0) is 17.4. The van der Waals surface area contributed by atoms with Gasteiger partial charge < -0.3 is 10.2 Å². The summed E-state index contributed by atoms with van der Waals surface area (Å²) in [7, 11) is 0. The van der Waals surface area contributed by atoms with Crippen molar-refractivity contribution in [1.82, 2.24) is 10.3 Å². The Hall–Kier alpha value is -1.88. The molecule has 0 radical (unpaired) electrons. The van der Waals surface area contributed by atoms with Crippen molar-refractivity contribution >= 4 is 22.4 Å². The van der Waals surface area contributed by atoms with Crippen LogP contribution in [0.2, 0.25) is 0 Å². The highest BCUT2D eigenvalue weighted by Gasteiger charge is 2.42. The number of piperidine rings is 1. The van der Waals surface area contributed by atoms with Crippen molar-refractivity contribution in [1.29, 1.82) is 0 Å². The van der Waals surface area contributed by atoms with E-state index >= 15 is 0 Å². The number of thiazole rings is 1. The maximum atomic E-state index is 11.7. The van der Waals surface area contributed by atoms with Crippen molar-refractivity contribution in [2.45, 2.75) is 39.0 Å². The van der Waals surface area contributed by atoms with Gasteiger partial charge in [-0.3, -0.25) is 4.79 Å². The van der Waals surface area contributed by atoms with Gasteiger partial charge in [0, 0.05) is 42.4 Å². The van der Waals surface area contributed by atoms with Crippen molar-refractivity contribution in [3.05, 3.63) is 35.2 Å². The number of nitrogens with one attached hydrogen (secondary N) is 1. The lowest BCUT2D eigenvalue weighted by molar-refractivity contribution is -0.119. The van der Waals surface area contributed by atoms with Crippen molar-refractivity contribution < 1.29 is 4.79 Å². The number of benzene rings is 1. The third kappa shape index (κ3) is 3.30. The maximum absolute atomic E-state index is 11.7. The van der Waals surface area contributed by atoms with Crippen molar-refractivity contribution in [2.24, 2.45) is 5.41 Å². The van der Waals surface area contributed by atoms with Crippen molar-refractivity contribution in [3.63, 3.8) is 0 Å². The Morgan fingerprint density at radius 3 is 2.76 bits per heavy atom. The molecule has 0 aliphatic carbocycles. The molecule has 1 aromatic heterocycles. The van der Waals surface area contributed by atoms with Crippen molar-refractivity contribution in [3.8, 4) is 11.3 Å². The third-order valence-corrected chi connectivity index (χ3v) is 6.39. The number of amides is 1. The largest absolute Gasteiger partial charge is 0.355 e. The number of anilines is 1. The van der Waals surface area contributed by atoms with Gasteiger partial charge in [-0.15, -0.1) is 11.3 Å². The Kier molecular flexibility index (Phi) is 4.28. The van der Waals surface area contributed by atoms with Gasteiger partial charge in [-0.25, -0.2) is 4.98 Å². The molecule has 2 fully saturated rings. The second kappa shape index (κ2) is 6.45. The van der Waals surface area contributed by atoms with Crippen LogP contribution < -0.4 is 10.2 Å². The number of carbonyl (C=O) groups excluding carboxylic acids is 1. The molecule has 2 saturated heterocycles. The normalized spacial score (nSPS) is 23.5. The zero-order valence-corrected chi connectivity index (χ0v) is 15.7. The predicted molar refractivity (Wildman–Crippen MR) is 103 cm³/mol. The molecule has 1 amide bonds. The molecule has 2 aromatic rings. The molecule has 2 aliphatic rings. The first-order valence-corrected chi connectivity index (χ1v) is 10.0. The monoisotopic (exact) mass is 355 g/mol. The Morgan fingerprint density at radius 1 is 1.28 bits per heavy atom. The highest BCUT2D eigenvalue weighted by Crippen LogP contribution is 2.39. The minimum absolute atomic E-state index is 0.111. The Labute approximate surface area is 153 Å². The molecule has 1 spiro atoms. The number of rotatable bonds is 3. The van der Waals surface area contributed by atoms with Gasteiger partial charge in [0.25, 0.3) is 0 Å². The third-order valence-electron chi connectivity index (χ3n) is 5.49. The topological polar surface area (TPSA) is 45.2 Å². The summed E-state index contributed by atoms with van der Waals surface area (Å²) in [4.78, 5) is 18.9. The summed E-state index contributed by atoms with van der Waals surface area (Å²) in [5.41, 5.74) is 3.70. The summed E-state index contributed by atoms with van der Waals surface area (Å²) < 4.78 is 0. The van der Waals surface area contributed by atoms with Crippen LogP contribution in [0.4, 0.5) is 5.13 Å². The van der Waals surface area contributed by atoms with Gasteiger partial charge >= 0.3 is 0 Å². The van der Waals surface area contributed by atoms with E-state index in [9.17, 15) is 4.79 Å². The molecule has 0 saturated carbocycles. The number of hydrogen-bond acceptors (Lipinski definition) is 4. The Morgan fingerprint density at radius 2 is 2.08 bits per heavy atom. The molecule has 4 nitrogen and oxygen atoms in total. The fourth-order valence-electron chi connectivity index (χ4n) is 3.99. The van der Waals surface area contributed by atoms with Crippen LogP contribution in [0.3, 0.4) is 0 Å². The van der Waals surface area contributed by atoms with Crippen LogP contribution >= 0.6 is 11.3 Å². The van der Waals surface area contributed by atoms with Gasteiger partial charge in [0.1, 0.15) is 0 Å². The molecule has 1 unspecified atom stereocenters. The first kappa shape index (κ1) is 16.6. The predicted octanol–water partition coefficient (Wildman–Crippen LogP) is 4.04. The average Bonchev–Trinajstić information content (AvgIpc) is 3.23. The van der Waals surface area contributed by atoms with Crippen LogP contribution in [-0.2, 0) is 4.79 Å². The fourth-order valence-corrected chi connectivity index (χ4v) is 4.85. The summed E-state index contributed by atoms with van der Waals surface area (Å²) in [5, 5.41) is 6.25. The summed E-state index contributed by atoms with van der Waals surface area (Å²) in [6.45, 7) is 7.22. The van der Waals surface area contributed by atoms with E-state index in [1.165, 1.54) is 11.1 Å². The molecule has 3 heterocycles. The first-order chi connectivity index (χ1) is 12.0. The lowest BCUT2D eigenvalue weighted by atomic mass is 9.79. The van der Waals surface area contributed by atoms with Gasteiger partial charge in [-0.2, -0.15) is 0 Å².